The van der Waals surface area contributed by atoms with Crippen molar-refractivity contribution in [2.75, 3.05) is 32.8 Å². The molecule has 6 fully saturated rings. The molecule has 65 heavy (non-hydrogen) atoms. The van der Waals surface area contributed by atoms with Crippen molar-refractivity contribution >= 4 is 46.1 Å². The van der Waals surface area contributed by atoms with Crippen molar-refractivity contribution in [2.45, 2.75) is 132 Å². The van der Waals surface area contributed by atoms with Gasteiger partial charge in [0.2, 0.25) is 17.7 Å². The fourth-order valence-electron chi connectivity index (χ4n) is 14.6. The van der Waals surface area contributed by atoms with E-state index in [-0.39, 0.29) is 40.5 Å². The van der Waals surface area contributed by atoms with E-state index in [1.807, 2.05) is 24.3 Å². The molecule has 6 aliphatic heterocycles. The summed E-state index contributed by atoms with van der Waals surface area (Å²) in [4.78, 5) is 76.4. The summed E-state index contributed by atoms with van der Waals surface area (Å²) < 4.78 is 8.66. The third kappa shape index (κ3) is 5.90. The standard InChI is InChI=1S/C52H55ClN6O6/c53-38-5-4-6-39-43(38)46(62)55-49-52(15-2-1-3-16-52)36-9-7-31(23-41(36)59(39)49)30-13-19-56(20-14-30)33-26-50(27-33)24-32(25-50)47(63)57-21-17-51(18-22-57)29-65-44-35-28-58(40-11-12-42(60)54-45(40)61)48(64)34(35)8-10-37(44)51/h4-10,23,30,32-33,40H,1-3,11-22,24-29H2,(H,54,60,61)/t32?,33?,40-,50?/m0/s1. The summed E-state index contributed by atoms with van der Waals surface area (Å²) in [5.74, 6) is 1.70. The van der Waals surface area contributed by atoms with Gasteiger partial charge in [0, 0.05) is 53.6 Å². The van der Waals surface area contributed by atoms with E-state index in [1.54, 1.807) is 11.0 Å². The monoisotopic (exact) mass is 894 g/mol. The Morgan fingerprint density at radius 1 is 0.846 bits per heavy atom. The third-order valence-corrected chi connectivity index (χ3v) is 18.4. The first-order valence-electron chi connectivity index (χ1n) is 24.4. The SMILES string of the molecule is O=C1CC[C@H](N2Cc3c(ccc4c3OCC43CCN(C(=O)C4CC5(C4)CC(N4CCC(c6ccc7c(c6)-n6c(nc(=O)c8c(Cl)cccc86)C76CCCCC6)CC4)C5)CC3)C2=O)C(=O)N1. The predicted octanol–water partition coefficient (Wildman–Crippen LogP) is 7.05. The molecule has 3 aliphatic carbocycles. The number of hydrogen-bond donors (Lipinski definition) is 1. The van der Waals surface area contributed by atoms with Crippen molar-refractivity contribution in [1.82, 2.24) is 29.6 Å². The molecule has 3 saturated heterocycles. The van der Waals surface area contributed by atoms with E-state index in [2.05, 4.69) is 37.9 Å². The van der Waals surface area contributed by atoms with E-state index in [0.717, 1.165) is 106 Å². The number of rotatable bonds is 4. The minimum Gasteiger partial charge on any atom is -0.492 e. The highest BCUT2D eigenvalue weighted by molar-refractivity contribution is 6.35. The first-order chi connectivity index (χ1) is 31.5. The Bertz CT molecular complexity index is 2800. The number of ether oxygens (including phenoxy) is 1. The number of nitrogens with one attached hydrogen (secondary N) is 1. The number of nitrogens with zero attached hydrogens (tertiary/aromatic N) is 5. The molecule has 0 bridgehead atoms. The summed E-state index contributed by atoms with van der Waals surface area (Å²) in [6.45, 7) is 4.45. The lowest BCUT2D eigenvalue weighted by molar-refractivity contribution is -0.155. The lowest BCUT2D eigenvalue weighted by Crippen LogP contribution is -2.60. The quantitative estimate of drug-likeness (QED) is 0.216. The molecular weight excluding hydrogens is 840 g/mol. The summed E-state index contributed by atoms with van der Waals surface area (Å²) >= 11 is 6.63. The van der Waals surface area contributed by atoms with Crippen LogP contribution in [0.3, 0.4) is 0 Å². The van der Waals surface area contributed by atoms with Crippen LogP contribution < -0.4 is 15.6 Å². The van der Waals surface area contributed by atoms with Crippen LogP contribution in [0.25, 0.3) is 16.6 Å². The van der Waals surface area contributed by atoms with Crippen molar-refractivity contribution in [3.8, 4) is 11.4 Å². The average Bonchev–Trinajstić information content (AvgIpc) is 3.90. The number of fused-ring (bicyclic) bond motifs is 11. The molecule has 4 aromatic rings. The first-order valence-corrected chi connectivity index (χ1v) is 24.7. The maximum absolute atomic E-state index is 13.9. The largest absolute Gasteiger partial charge is 0.492 e. The number of hydrogen-bond acceptors (Lipinski definition) is 8. The molecule has 3 spiro atoms. The number of benzene rings is 3. The van der Waals surface area contributed by atoms with Gasteiger partial charge in [-0.2, -0.15) is 4.98 Å². The fraction of sp³-hybridized carbons (Fsp3) is 0.538. The Hall–Kier alpha value is -5.07. The van der Waals surface area contributed by atoms with Gasteiger partial charge in [0.15, 0.2) is 0 Å². The number of carbonyl (C=O) groups excluding carboxylic acids is 4. The normalized spacial score (nSPS) is 28.8. The highest BCUT2D eigenvalue weighted by atomic mass is 35.5. The smallest absolute Gasteiger partial charge is 0.282 e. The number of imide groups is 1. The molecule has 0 unspecified atom stereocenters. The topological polar surface area (TPSA) is 134 Å². The van der Waals surface area contributed by atoms with E-state index in [4.69, 9.17) is 21.3 Å². The van der Waals surface area contributed by atoms with Crippen LogP contribution in [0.15, 0.2) is 53.3 Å². The molecule has 1 atom stereocenters. The lowest BCUT2D eigenvalue weighted by Gasteiger charge is -2.60. The molecule has 336 valence electrons. The van der Waals surface area contributed by atoms with E-state index in [1.165, 1.54) is 36.1 Å². The molecule has 3 aromatic carbocycles. The molecule has 9 aliphatic rings. The van der Waals surface area contributed by atoms with Crippen molar-refractivity contribution in [1.29, 1.82) is 0 Å². The molecule has 12 nitrogen and oxygen atoms in total. The molecule has 3 saturated carbocycles. The van der Waals surface area contributed by atoms with Gasteiger partial charge in [-0.15, -0.1) is 0 Å². The van der Waals surface area contributed by atoms with Crippen LogP contribution >= 0.6 is 11.6 Å². The highest BCUT2D eigenvalue weighted by Crippen LogP contribution is 2.61. The molecule has 13 rings (SSSR count). The summed E-state index contributed by atoms with van der Waals surface area (Å²) in [5, 5.41) is 3.36. The molecule has 0 radical (unpaired) electrons. The zero-order chi connectivity index (χ0) is 44.0. The van der Waals surface area contributed by atoms with Crippen LogP contribution in [0.5, 0.6) is 5.75 Å². The second-order valence-electron chi connectivity index (χ2n) is 21.4. The van der Waals surface area contributed by atoms with Gasteiger partial charge in [0.25, 0.3) is 11.5 Å². The number of aromatic nitrogens is 2. The zero-order valence-corrected chi connectivity index (χ0v) is 37.6. The minimum absolute atomic E-state index is 0.120. The summed E-state index contributed by atoms with van der Waals surface area (Å²) in [6, 6.07) is 16.8. The predicted molar refractivity (Wildman–Crippen MR) is 243 cm³/mol. The Morgan fingerprint density at radius 3 is 2.38 bits per heavy atom. The zero-order valence-electron chi connectivity index (χ0n) is 36.8. The molecule has 1 aromatic heterocycles. The number of piperidine rings is 3. The molecular formula is C52H55ClN6O6. The van der Waals surface area contributed by atoms with E-state index < -0.39 is 11.9 Å². The van der Waals surface area contributed by atoms with E-state index in [9.17, 15) is 24.0 Å². The number of halogens is 1. The van der Waals surface area contributed by atoms with Gasteiger partial charge < -0.3 is 19.4 Å². The van der Waals surface area contributed by atoms with Crippen LogP contribution in [-0.4, -0.2) is 92.7 Å². The second kappa shape index (κ2) is 14.5. The van der Waals surface area contributed by atoms with Crippen LogP contribution in [0.1, 0.15) is 141 Å². The third-order valence-electron chi connectivity index (χ3n) is 18.1. The van der Waals surface area contributed by atoms with Gasteiger partial charge in [-0.25, -0.2) is 0 Å². The minimum atomic E-state index is -0.657. The summed E-state index contributed by atoms with van der Waals surface area (Å²) in [6.07, 6.45) is 14.4. The van der Waals surface area contributed by atoms with Crippen LogP contribution in [0.2, 0.25) is 5.02 Å². The van der Waals surface area contributed by atoms with Gasteiger partial charge in [-0.05, 0) is 130 Å². The molecule has 1 N–H and O–H groups in total. The van der Waals surface area contributed by atoms with E-state index in [0.29, 0.717) is 71.9 Å². The second-order valence-corrected chi connectivity index (χ2v) is 21.8. The Labute approximate surface area is 383 Å². The first kappa shape index (κ1) is 40.2. The van der Waals surface area contributed by atoms with Crippen molar-refractivity contribution in [2.24, 2.45) is 11.3 Å². The maximum atomic E-state index is 13.9. The van der Waals surface area contributed by atoms with Gasteiger partial charge in [-0.1, -0.05) is 55.1 Å². The number of likely N-dealkylation sites (tertiary alicyclic amines) is 2. The van der Waals surface area contributed by atoms with Gasteiger partial charge in [0.1, 0.15) is 17.6 Å². The van der Waals surface area contributed by atoms with Crippen molar-refractivity contribution < 1.29 is 23.9 Å². The Morgan fingerprint density at radius 2 is 1.62 bits per heavy atom. The van der Waals surface area contributed by atoms with Crippen molar-refractivity contribution in [3.05, 3.63) is 97.5 Å². The summed E-state index contributed by atoms with van der Waals surface area (Å²) in [5.41, 5.74) is 6.98. The molecule has 7 heterocycles. The van der Waals surface area contributed by atoms with Gasteiger partial charge >= 0.3 is 0 Å². The average molecular weight is 896 g/mol. The Kier molecular flexibility index (Phi) is 8.95. The Balaban J connectivity index is 0.620. The van der Waals surface area contributed by atoms with Gasteiger partial charge in [-0.3, -0.25) is 33.9 Å². The number of carbonyl (C=O) groups is 4. The van der Waals surface area contributed by atoms with E-state index >= 15 is 0 Å². The summed E-state index contributed by atoms with van der Waals surface area (Å²) in [7, 11) is 0. The van der Waals surface area contributed by atoms with Crippen LogP contribution in [0.4, 0.5) is 0 Å². The fourth-order valence-corrected chi connectivity index (χ4v) is 14.8. The molecule has 13 heteroatoms. The maximum Gasteiger partial charge on any atom is 0.282 e. The lowest BCUT2D eigenvalue weighted by atomic mass is 9.49. The highest BCUT2D eigenvalue weighted by Gasteiger charge is 2.57. The van der Waals surface area contributed by atoms with Crippen molar-refractivity contribution in [3.63, 3.8) is 0 Å². The molecule has 4 amide bonds. The number of amides is 4. The van der Waals surface area contributed by atoms with Crippen LogP contribution in [0, 0.1) is 11.3 Å². The van der Waals surface area contributed by atoms with Gasteiger partial charge in [0.05, 0.1) is 40.2 Å². The van der Waals surface area contributed by atoms with Crippen LogP contribution in [-0.2, 0) is 31.8 Å².